The molecule has 0 aromatic heterocycles. The summed E-state index contributed by atoms with van der Waals surface area (Å²) in [5, 5.41) is 2.95. The molecule has 0 spiro atoms. The SMILES string of the molecule is CC1=C(CI)CS[C@@H]2[C@H](NC(=O)Cc3ccccc3)C(=O)N12. The summed E-state index contributed by atoms with van der Waals surface area (Å²) in [6.07, 6.45) is 0.315. The lowest BCUT2D eigenvalue weighted by molar-refractivity contribution is -0.145. The van der Waals surface area contributed by atoms with Crippen LogP contribution in [0.3, 0.4) is 0 Å². The molecule has 1 N–H and O–H groups in total. The van der Waals surface area contributed by atoms with Gasteiger partial charge in [0, 0.05) is 15.9 Å². The van der Waals surface area contributed by atoms with Crippen molar-refractivity contribution in [3.8, 4) is 0 Å². The van der Waals surface area contributed by atoms with E-state index < -0.39 is 0 Å². The van der Waals surface area contributed by atoms with Gasteiger partial charge < -0.3 is 5.32 Å². The van der Waals surface area contributed by atoms with Crippen molar-refractivity contribution >= 4 is 46.2 Å². The zero-order chi connectivity index (χ0) is 15.7. The van der Waals surface area contributed by atoms with Gasteiger partial charge in [0.1, 0.15) is 11.4 Å². The van der Waals surface area contributed by atoms with Crippen molar-refractivity contribution in [2.24, 2.45) is 0 Å². The van der Waals surface area contributed by atoms with Crippen molar-refractivity contribution in [1.29, 1.82) is 0 Å². The molecule has 3 rings (SSSR count). The van der Waals surface area contributed by atoms with Crippen LogP contribution in [0, 0.1) is 0 Å². The Kier molecular flexibility index (Phi) is 4.77. The summed E-state index contributed by atoms with van der Waals surface area (Å²) in [5.74, 6) is 0.860. The molecule has 1 aromatic rings. The van der Waals surface area contributed by atoms with E-state index in [2.05, 4.69) is 27.9 Å². The number of fused-ring (bicyclic) bond motifs is 1. The highest BCUT2D eigenvalue weighted by molar-refractivity contribution is 14.1. The number of nitrogens with zero attached hydrogens (tertiary/aromatic N) is 1. The maximum absolute atomic E-state index is 12.3. The lowest BCUT2D eigenvalue weighted by atomic mass is 10.0. The molecule has 1 fully saturated rings. The van der Waals surface area contributed by atoms with Crippen LogP contribution in [0.5, 0.6) is 0 Å². The van der Waals surface area contributed by atoms with E-state index >= 15 is 0 Å². The van der Waals surface area contributed by atoms with Crippen LogP contribution in [-0.4, -0.2) is 38.3 Å². The summed E-state index contributed by atoms with van der Waals surface area (Å²) in [6.45, 7) is 2.00. The molecule has 116 valence electrons. The van der Waals surface area contributed by atoms with Crippen LogP contribution in [0.15, 0.2) is 41.6 Å². The number of alkyl halides is 1. The number of halogens is 1. The van der Waals surface area contributed by atoms with Crippen molar-refractivity contribution < 1.29 is 9.59 Å². The first-order valence-electron chi connectivity index (χ1n) is 7.14. The maximum Gasteiger partial charge on any atom is 0.253 e. The molecule has 2 amide bonds. The quantitative estimate of drug-likeness (QED) is 0.455. The van der Waals surface area contributed by atoms with Crippen molar-refractivity contribution in [2.45, 2.75) is 24.8 Å². The lowest BCUT2D eigenvalue weighted by Gasteiger charge is -2.50. The molecule has 0 saturated carbocycles. The molecule has 0 unspecified atom stereocenters. The summed E-state index contributed by atoms with van der Waals surface area (Å²) < 4.78 is 0.943. The third-order valence-corrected chi connectivity index (χ3v) is 6.29. The van der Waals surface area contributed by atoms with E-state index in [1.54, 1.807) is 11.8 Å². The Morgan fingerprint density at radius 1 is 1.41 bits per heavy atom. The molecule has 1 aromatic carbocycles. The van der Waals surface area contributed by atoms with Gasteiger partial charge in [-0.3, -0.25) is 14.5 Å². The largest absolute Gasteiger partial charge is 0.341 e. The molecule has 2 aliphatic rings. The normalized spacial score (nSPS) is 23.9. The molecule has 0 bridgehead atoms. The molecule has 22 heavy (non-hydrogen) atoms. The van der Waals surface area contributed by atoms with Gasteiger partial charge in [0.25, 0.3) is 5.91 Å². The summed E-state index contributed by atoms with van der Waals surface area (Å²) in [7, 11) is 0. The highest BCUT2D eigenvalue weighted by Gasteiger charge is 2.51. The number of carbonyl (C=O) groups is 2. The number of thioether (sulfide) groups is 1. The monoisotopic (exact) mass is 428 g/mol. The zero-order valence-electron chi connectivity index (χ0n) is 12.2. The van der Waals surface area contributed by atoms with E-state index in [9.17, 15) is 9.59 Å². The first-order valence-corrected chi connectivity index (χ1v) is 9.72. The van der Waals surface area contributed by atoms with E-state index in [4.69, 9.17) is 0 Å². The van der Waals surface area contributed by atoms with Crippen LogP contribution < -0.4 is 5.32 Å². The van der Waals surface area contributed by atoms with Gasteiger partial charge in [-0.1, -0.05) is 52.9 Å². The van der Waals surface area contributed by atoms with E-state index in [0.29, 0.717) is 6.42 Å². The van der Waals surface area contributed by atoms with Gasteiger partial charge >= 0.3 is 0 Å². The van der Waals surface area contributed by atoms with Gasteiger partial charge in [-0.15, -0.1) is 11.8 Å². The Morgan fingerprint density at radius 3 is 2.82 bits per heavy atom. The van der Waals surface area contributed by atoms with Gasteiger partial charge in [0.05, 0.1) is 6.42 Å². The third-order valence-electron chi connectivity index (χ3n) is 4.03. The second-order valence-corrected chi connectivity index (χ2v) is 7.31. The first kappa shape index (κ1) is 15.9. The average Bonchev–Trinajstić information content (AvgIpc) is 2.53. The predicted molar refractivity (Wildman–Crippen MR) is 96.8 cm³/mol. The average molecular weight is 428 g/mol. The standard InChI is InChI=1S/C16H17IN2O2S/c1-10-12(8-17)9-22-16-14(15(21)19(10)16)18-13(20)7-11-5-3-2-4-6-11/h2-6,14,16H,7-9H2,1H3,(H,18,20)/t14-,16-/m1/s1. The number of carbonyl (C=O) groups excluding carboxylic acids is 2. The maximum atomic E-state index is 12.3. The van der Waals surface area contributed by atoms with Crippen LogP contribution in [0.4, 0.5) is 0 Å². The molecule has 6 heteroatoms. The summed E-state index contributed by atoms with van der Waals surface area (Å²) in [6, 6.07) is 9.21. The van der Waals surface area contributed by atoms with E-state index in [0.717, 1.165) is 21.4 Å². The Balaban J connectivity index is 1.63. The number of nitrogens with one attached hydrogen (secondary N) is 1. The number of hydrogen-bond donors (Lipinski definition) is 1. The van der Waals surface area contributed by atoms with Crippen LogP contribution in [0.1, 0.15) is 12.5 Å². The highest BCUT2D eigenvalue weighted by atomic mass is 127. The molecule has 1 saturated heterocycles. The van der Waals surface area contributed by atoms with Gasteiger partial charge in [-0.05, 0) is 18.1 Å². The number of rotatable bonds is 4. The molecule has 0 aliphatic carbocycles. The van der Waals surface area contributed by atoms with Crippen molar-refractivity contribution in [1.82, 2.24) is 10.2 Å². The molecule has 2 heterocycles. The lowest BCUT2D eigenvalue weighted by Crippen LogP contribution is -2.69. The Labute approximate surface area is 147 Å². The topological polar surface area (TPSA) is 49.4 Å². The van der Waals surface area contributed by atoms with Crippen LogP contribution in [0.25, 0.3) is 0 Å². The Bertz CT molecular complexity index is 632. The van der Waals surface area contributed by atoms with E-state index in [1.165, 1.54) is 5.57 Å². The molecular weight excluding hydrogens is 411 g/mol. The number of amides is 2. The minimum Gasteiger partial charge on any atom is -0.341 e. The first-order chi connectivity index (χ1) is 10.6. The summed E-state index contributed by atoms with van der Waals surface area (Å²) in [4.78, 5) is 26.3. The third kappa shape index (κ3) is 2.90. The fourth-order valence-electron chi connectivity index (χ4n) is 2.73. The molecule has 0 radical (unpaired) electrons. The van der Waals surface area contributed by atoms with Gasteiger partial charge in [0.15, 0.2) is 0 Å². The van der Waals surface area contributed by atoms with E-state index in [1.807, 2.05) is 42.2 Å². The summed E-state index contributed by atoms with van der Waals surface area (Å²) in [5.41, 5.74) is 3.34. The molecule has 2 aliphatic heterocycles. The number of allylic oxidation sites excluding steroid dienone is 1. The van der Waals surface area contributed by atoms with Crippen LogP contribution >= 0.6 is 34.4 Å². The zero-order valence-corrected chi connectivity index (χ0v) is 15.2. The van der Waals surface area contributed by atoms with Crippen molar-refractivity contribution in [3.05, 3.63) is 47.2 Å². The molecule has 2 atom stereocenters. The fraction of sp³-hybridized carbons (Fsp3) is 0.375. The van der Waals surface area contributed by atoms with Crippen molar-refractivity contribution in [2.75, 3.05) is 10.2 Å². The molecule has 4 nitrogen and oxygen atoms in total. The fourth-order valence-corrected chi connectivity index (χ4v) is 5.38. The number of hydrogen-bond acceptors (Lipinski definition) is 3. The van der Waals surface area contributed by atoms with Crippen molar-refractivity contribution in [3.63, 3.8) is 0 Å². The van der Waals surface area contributed by atoms with Crippen LogP contribution in [0.2, 0.25) is 0 Å². The van der Waals surface area contributed by atoms with Gasteiger partial charge in [-0.25, -0.2) is 0 Å². The van der Waals surface area contributed by atoms with E-state index in [-0.39, 0.29) is 23.2 Å². The van der Waals surface area contributed by atoms with Gasteiger partial charge in [-0.2, -0.15) is 0 Å². The number of benzene rings is 1. The highest BCUT2D eigenvalue weighted by Crippen LogP contribution is 2.40. The number of β-lactam (4-membered cyclic amide) rings is 1. The van der Waals surface area contributed by atoms with Gasteiger partial charge in [0.2, 0.25) is 5.91 Å². The smallest absolute Gasteiger partial charge is 0.253 e. The second-order valence-electron chi connectivity index (χ2n) is 5.44. The minimum atomic E-state index is -0.382. The minimum absolute atomic E-state index is 0.0125. The Morgan fingerprint density at radius 2 is 2.14 bits per heavy atom. The van der Waals surface area contributed by atoms with Crippen LogP contribution in [-0.2, 0) is 16.0 Å². The Hall–Kier alpha value is -1.02. The predicted octanol–water partition coefficient (Wildman–Crippen LogP) is 2.34. The summed E-state index contributed by atoms with van der Waals surface area (Å²) >= 11 is 4.07. The second kappa shape index (κ2) is 6.62. The molecular formula is C16H17IN2O2S.